The molecule has 2 fully saturated rings. The molecular weight excluding hydrogens is 336 g/mol. The molecule has 3 heterocycles. The van der Waals surface area contributed by atoms with Crippen LogP contribution in [0.3, 0.4) is 0 Å². The van der Waals surface area contributed by atoms with Crippen molar-refractivity contribution in [2.75, 3.05) is 26.2 Å². The number of nitrogens with one attached hydrogen (secondary N) is 1. The Morgan fingerprint density at radius 2 is 1.81 bits per heavy atom. The zero-order valence-electron chi connectivity index (χ0n) is 16.2. The molecule has 2 aliphatic heterocycles. The van der Waals surface area contributed by atoms with Crippen LogP contribution in [0, 0.1) is 5.92 Å². The first-order valence-electron chi connectivity index (χ1n) is 10.6. The third-order valence-electron chi connectivity index (χ3n) is 6.41. The minimum absolute atomic E-state index is 0.175. The van der Waals surface area contributed by atoms with E-state index in [1.165, 1.54) is 18.4 Å². The molecule has 1 amide bonds. The Bertz CT molecular complexity index is 631. The van der Waals surface area contributed by atoms with Crippen LogP contribution in [-0.4, -0.2) is 59.0 Å². The van der Waals surface area contributed by atoms with Gasteiger partial charge in [0.25, 0.3) is 0 Å². The van der Waals surface area contributed by atoms with Crippen molar-refractivity contribution in [2.45, 2.75) is 57.2 Å². The summed E-state index contributed by atoms with van der Waals surface area (Å²) >= 11 is 0. The first kappa shape index (κ1) is 18.6. The van der Waals surface area contributed by atoms with Crippen LogP contribution in [0.4, 0.5) is 0 Å². The summed E-state index contributed by atoms with van der Waals surface area (Å²) in [7, 11) is 0. The monoisotopic (exact) mass is 368 g/mol. The van der Waals surface area contributed by atoms with Crippen molar-refractivity contribution in [3.63, 3.8) is 0 Å². The molecule has 5 heteroatoms. The topological polar surface area (TPSA) is 48.5 Å². The van der Waals surface area contributed by atoms with Crippen LogP contribution >= 0.6 is 0 Å². The Morgan fingerprint density at radius 1 is 1.07 bits per heavy atom. The quantitative estimate of drug-likeness (QED) is 0.812. The molecule has 0 aromatic carbocycles. The van der Waals surface area contributed by atoms with E-state index in [2.05, 4.69) is 44.4 Å². The molecule has 0 bridgehead atoms. The number of hydrogen-bond donors (Lipinski definition) is 1. The molecule has 1 N–H and O–H groups in total. The van der Waals surface area contributed by atoms with Crippen LogP contribution in [0.1, 0.15) is 44.1 Å². The summed E-state index contributed by atoms with van der Waals surface area (Å²) in [4.78, 5) is 21.9. The summed E-state index contributed by atoms with van der Waals surface area (Å²) in [6.07, 6.45) is 14.7. The number of rotatable bonds is 5. The zero-order valence-corrected chi connectivity index (χ0v) is 16.2. The van der Waals surface area contributed by atoms with Crippen molar-refractivity contribution in [3.8, 4) is 0 Å². The lowest BCUT2D eigenvalue weighted by Gasteiger charge is -2.42. The summed E-state index contributed by atoms with van der Waals surface area (Å²) in [5.41, 5.74) is 1.35. The van der Waals surface area contributed by atoms with Crippen molar-refractivity contribution in [3.05, 3.63) is 42.2 Å². The molecule has 0 spiro atoms. The first-order valence-corrected chi connectivity index (χ1v) is 10.6. The van der Waals surface area contributed by atoms with Gasteiger partial charge < -0.3 is 5.32 Å². The average Bonchev–Trinajstić information content (AvgIpc) is 3.22. The van der Waals surface area contributed by atoms with Gasteiger partial charge in [0.2, 0.25) is 5.91 Å². The second kappa shape index (κ2) is 8.98. The maximum absolute atomic E-state index is 12.7. The summed E-state index contributed by atoms with van der Waals surface area (Å²) < 4.78 is 0. The molecule has 1 aromatic heterocycles. The van der Waals surface area contributed by atoms with Gasteiger partial charge in [-0.2, -0.15) is 0 Å². The predicted molar refractivity (Wildman–Crippen MR) is 107 cm³/mol. The van der Waals surface area contributed by atoms with Gasteiger partial charge in [0.1, 0.15) is 0 Å². The molecule has 27 heavy (non-hydrogen) atoms. The van der Waals surface area contributed by atoms with Crippen molar-refractivity contribution in [2.24, 2.45) is 5.92 Å². The van der Waals surface area contributed by atoms with Crippen LogP contribution in [0.25, 0.3) is 0 Å². The van der Waals surface area contributed by atoms with Crippen LogP contribution in [0.2, 0.25) is 0 Å². The second-order valence-electron chi connectivity index (χ2n) is 8.35. The largest absolute Gasteiger partial charge is 0.352 e. The van der Waals surface area contributed by atoms with Crippen molar-refractivity contribution >= 4 is 5.91 Å². The van der Waals surface area contributed by atoms with Gasteiger partial charge in [-0.25, -0.2) is 0 Å². The van der Waals surface area contributed by atoms with Gasteiger partial charge in [-0.3, -0.25) is 19.6 Å². The van der Waals surface area contributed by atoms with Crippen molar-refractivity contribution < 1.29 is 4.79 Å². The molecule has 2 saturated heterocycles. The van der Waals surface area contributed by atoms with E-state index in [0.717, 1.165) is 58.4 Å². The van der Waals surface area contributed by atoms with E-state index in [4.69, 9.17) is 0 Å². The fraction of sp³-hybridized carbons (Fsp3) is 0.636. The highest BCUT2D eigenvalue weighted by molar-refractivity contribution is 5.79. The summed E-state index contributed by atoms with van der Waals surface area (Å²) in [5, 5.41) is 3.26. The molecular formula is C22H32N4O. The number of nitrogens with zero attached hydrogens (tertiary/aromatic N) is 3. The Kier molecular flexibility index (Phi) is 6.20. The molecule has 0 radical (unpaired) electrons. The van der Waals surface area contributed by atoms with Crippen LogP contribution in [0.15, 0.2) is 36.7 Å². The molecule has 146 valence electrons. The molecule has 5 nitrogen and oxygen atoms in total. The van der Waals surface area contributed by atoms with Gasteiger partial charge in [0, 0.05) is 37.6 Å². The normalized spacial score (nSPS) is 25.7. The Labute approximate surface area is 162 Å². The number of carbonyl (C=O) groups is 1. The minimum Gasteiger partial charge on any atom is -0.352 e. The summed E-state index contributed by atoms with van der Waals surface area (Å²) in [6, 6.07) is 5.20. The van der Waals surface area contributed by atoms with Crippen LogP contribution < -0.4 is 5.32 Å². The summed E-state index contributed by atoms with van der Waals surface area (Å²) in [6.45, 7) is 5.42. The number of aromatic nitrogens is 1. The third kappa shape index (κ3) is 4.96. The number of piperidine rings is 2. The number of hydrogen-bond acceptors (Lipinski definition) is 4. The van der Waals surface area contributed by atoms with E-state index in [-0.39, 0.29) is 11.8 Å². The summed E-state index contributed by atoms with van der Waals surface area (Å²) in [5.74, 6) is 0.456. The van der Waals surface area contributed by atoms with Crippen LogP contribution in [-0.2, 0) is 11.3 Å². The fourth-order valence-corrected chi connectivity index (χ4v) is 4.80. The Hall–Kier alpha value is -1.72. The second-order valence-corrected chi connectivity index (χ2v) is 8.35. The lowest BCUT2D eigenvalue weighted by atomic mass is 9.93. The van der Waals surface area contributed by atoms with E-state index < -0.39 is 0 Å². The first-order chi connectivity index (χ1) is 13.3. The van der Waals surface area contributed by atoms with E-state index in [1.807, 2.05) is 12.4 Å². The maximum atomic E-state index is 12.7. The SMILES string of the molecule is O=C(NC1CC=CC1)[C@H]1CCCN(C2CCN(Cc3ccncc3)CC2)C1. The predicted octanol–water partition coefficient (Wildman–Crippen LogP) is 2.59. The van der Waals surface area contributed by atoms with Gasteiger partial charge in [0.05, 0.1) is 5.92 Å². The molecule has 1 aliphatic carbocycles. The lowest BCUT2D eigenvalue weighted by molar-refractivity contribution is -0.127. The number of carbonyl (C=O) groups excluding carboxylic acids is 1. The molecule has 0 unspecified atom stereocenters. The third-order valence-corrected chi connectivity index (χ3v) is 6.41. The van der Waals surface area contributed by atoms with E-state index in [1.54, 1.807) is 0 Å². The van der Waals surface area contributed by atoms with Gasteiger partial charge in [-0.1, -0.05) is 12.2 Å². The smallest absolute Gasteiger partial charge is 0.224 e. The van der Waals surface area contributed by atoms with Crippen LogP contribution in [0.5, 0.6) is 0 Å². The maximum Gasteiger partial charge on any atom is 0.224 e. The molecule has 4 rings (SSSR count). The average molecular weight is 369 g/mol. The number of amides is 1. The standard InChI is InChI=1S/C22H32N4O/c27-22(24-20-5-1-2-6-20)19-4-3-13-26(17-19)21-9-14-25(15-10-21)16-18-7-11-23-12-8-18/h1-2,7-8,11-12,19-21H,3-6,9-10,13-17H2,(H,24,27)/t19-/m0/s1. The number of likely N-dealkylation sites (tertiary alicyclic amines) is 2. The lowest BCUT2D eigenvalue weighted by Crippen LogP contribution is -2.51. The highest BCUT2D eigenvalue weighted by atomic mass is 16.2. The number of pyridine rings is 1. The molecule has 1 atom stereocenters. The van der Waals surface area contributed by atoms with Gasteiger partial charge in [-0.15, -0.1) is 0 Å². The van der Waals surface area contributed by atoms with E-state index in [0.29, 0.717) is 12.1 Å². The fourth-order valence-electron chi connectivity index (χ4n) is 4.80. The highest BCUT2D eigenvalue weighted by Gasteiger charge is 2.32. The minimum atomic E-state index is 0.175. The van der Waals surface area contributed by atoms with Gasteiger partial charge in [0.15, 0.2) is 0 Å². The van der Waals surface area contributed by atoms with E-state index in [9.17, 15) is 4.79 Å². The molecule has 3 aliphatic rings. The van der Waals surface area contributed by atoms with Gasteiger partial charge >= 0.3 is 0 Å². The van der Waals surface area contributed by atoms with Gasteiger partial charge in [-0.05, 0) is 75.9 Å². The van der Waals surface area contributed by atoms with Crippen molar-refractivity contribution in [1.82, 2.24) is 20.1 Å². The Balaban J connectivity index is 1.23. The molecule has 1 aromatic rings. The zero-order chi connectivity index (χ0) is 18.5. The molecule has 0 saturated carbocycles. The van der Waals surface area contributed by atoms with Crippen molar-refractivity contribution in [1.29, 1.82) is 0 Å². The highest BCUT2D eigenvalue weighted by Crippen LogP contribution is 2.25. The van der Waals surface area contributed by atoms with E-state index >= 15 is 0 Å². The Morgan fingerprint density at radius 3 is 2.56 bits per heavy atom.